The van der Waals surface area contributed by atoms with Crippen LogP contribution in [0.25, 0.3) is 0 Å². The number of pyridine rings is 1. The molecule has 1 fully saturated rings. The maximum atomic E-state index is 5.66. The molecule has 0 saturated heterocycles. The Morgan fingerprint density at radius 3 is 2.82 bits per heavy atom. The number of hydrogen-bond acceptors (Lipinski definition) is 4. The number of halogens is 1. The predicted molar refractivity (Wildman–Crippen MR) is 73.0 cm³/mol. The van der Waals surface area contributed by atoms with E-state index in [0.717, 1.165) is 16.7 Å². The Kier molecular flexibility index (Phi) is 3.32. The van der Waals surface area contributed by atoms with Crippen molar-refractivity contribution >= 4 is 27.4 Å². The van der Waals surface area contributed by atoms with Crippen molar-refractivity contribution in [2.75, 3.05) is 18.2 Å². The van der Waals surface area contributed by atoms with E-state index in [1.165, 1.54) is 0 Å². The van der Waals surface area contributed by atoms with Crippen LogP contribution in [0, 0.1) is 5.41 Å². The zero-order valence-corrected chi connectivity index (χ0v) is 11.9. The van der Waals surface area contributed by atoms with Gasteiger partial charge in [-0.05, 0) is 28.4 Å². The summed E-state index contributed by atoms with van der Waals surface area (Å²) in [5.41, 5.74) is 6.44. The van der Waals surface area contributed by atoms with Crippen LogP contribution in [-0.2, 0) is 4.74 Å². The third kappa shape index (κ3) is 2.26. The highest BCUT2D eigenvalue weighted by Gasteiger charge is 2.48. The molecule has 0 bridgehead atoms. The van der Waals surface area contributed by atoms with Crippen LogP contribution in [-0.4, -0.2) is 24.2 Å². The molecule has 17 heavy (non-hydrogen) atoms. The minimum absolute atomic E-state index is 0.122. The molecule has 0 amide bonds. The van der Waals surface area contributed by atoms with Gasteiger partial charge >= 0.3 is 0 Å². The Labute approximate surface area is 110 Å². The summed E-state index contributed by atoms with van der Waals surface area (Å²) in [6, 6.07) is 2.23. The van der Waals surface area contributed by atoms with Gasteiger partial charge in [0.15, 0.2) is 0 Å². The number of methoxy groups -OCH3 is 1. The molecular formula is C12H18BrN3O. The summed E-state index contributed by atoms with van der Waals surface area (Å²) in [4.78, 5) is 4.29. The van der Waals surface area contributed by atoms with Gasteiger partial charge in [-0.2, -0.15) is 0 Å². The van der Waals surface area contributed by atoms with Crippen LogP contribution < -0.4 is 11.1 Å². The number of nitrogens with one attached hydrogen (secondary N) is 1. The van der Waals surface area contributed by atoms with Crippen LogP contribution in [0.1, 0.15) is 20.3 Å². The number of nitrogen functional groups attached to an aromatic ring is 1. The molecule has 1 heterocycles. The van der Waals surface area contributed by atoms with Crippen molar-refractivity contribution in [2.45, 2.75) is 32.4 Å². The average molecular weight is 300 g/mol. The Morgan fingerprint density at radius 2 is 2.29 bits per heavy atom. The molecule has 1 aromatic heterocycles. The lowest BCUT2D eigenvalue weighted by Crippen LogP contribution is -2.57. The van der Waals surface area contributed by atoms with E-state index in [9.17, 15) is 0 Å². The van der Waals surface area contributed by atoms with E-state index in [1.54, 1.807) is 13.3 Å². The van der Waals surface area contributed by atoms with Crippen LogP contribution in [0.4, 0.5) is 11.5 Å². The Bertz CT molecular complexity index is 422. The molecule has 94 valence electrons. The lowest BCUT2D eigenvalue weighted by atomic mass is 9.64. The van der Waals surface area contributed by atoms with Crippen molar-refractivity contribution in [1.82, 2.24) is 4.98 Å². The topological polar surface area (TPSA) is 60.2 Å². The average Bonchev–Trinajstić information content (AvgIpc) is 2.26. The van der Waals surface area contributed by atoms with Gasteiger partial charge in [0, 0.05) is 18.6 Å². The highest BCUT2D eigenvalue weighted by Crippen LogP contribution is 2.44. The molecule has 2 unspecified atom stereocenters. The highest BCUT2D eigenvalue weighted by molar-refractivity contribution is 9.10. The van der Waals surface area contributed by atoms with Crippen molar-refractivity contribution < 1.29 is 4.74 Å². The molecule has 1 saturated carbocycles. The minimum Gasteiger partial charge on any atom is -0.397 e. The molecular weight excluding hydrogens is 282 g/mol. The van der Waals surface area contributed by atoms with Gasteiger partial charge in [0.25, 0.3) is 0 Å². The molecule has 4 nitrogen and oxygen atoms in total. The standard InChI is InChI=1S/C12H18BrN3O/c1-12(2)9(5-10(12)17-3)16-11-8(13)4-7(14)6-15-11/h4,6,9-10H,5,14H2,1-3H3,(H,15,16). The largest absolute Gasteiger partial charge is 0.397 e. The molecule has 0 spiro atoms. The molecule has 1 aliphatic carbocycles. The number of nitrogens with zero attached hydrogens (tertiary/aromatic N) is 1. The molecule has 1 aromatic rings. The molecule has 5 heteroatoms. The fourth-order valence-corrected chi connectivity index (χ4v) is 2.74. The predicted octanol–water partition coefficient (Wildman–Crippen LogP) is 2.65. The summed E-state index contributed by atoms with van der Waals surface area (Å²) >= 11 is 3.46. The first-order valence-corrected chi connectivity index (χ1v) is 6.44. The number of rotatable bonds is 3. The van der Waals surface area contributed by atoms with Gasteiger partial charge in [-0.25, -0.2) is 4.98 Å². The van der Waals surface area contributed by atoms with Crippen LogP contribution in [0.15, 0.2) is 16.7 Å². The number of nitrogens with two attached hydrogens (primary N) is 1. The van der Waals surface area contributed by atoms with E-state index < -0.39 is 0 Å². The van der Waals surface area contributed by atoms with Crippen molar-refractivity contribution in [1.29, 1.82) is 0 Å². The summed E-state index contributed by atoms with van der Waals surface area (Å²) in [5, 5.41) is 3.43. The van der Waals surface area contributed by atoms with Crippen molar-refractivity contribution in [3.63, 3.8) is 0 Å². The highest BCUT2D eigenvalue weighted by atomic mass is 79.9. The third-order valence-electron chi connectivity index (χ3n) is 3.64. The van der Waals surface area contributed by atoms with E-state index in [-0.39, 0.29) is 5.41 Å². The van der Waals surface area contributed by atoms with E-state index in [4.69, 9.17) is 10.5 Å². The summed E-state index contributed by atoms with van der Waals surface area (Å²) in [5.74, 6) is 0.840. The van der Waals surface area contributed by atoms with E-state index >= 15 is 0 Å². The quantitative estimate of drug-likeness (QED) is 0.901. The van der Waals surface area contributed by atoms with Gasteiger partial charge in [0.05, 0.1) is 22.5 Å². The lowest BCUT2D eigenvalue weighted by molar-refractivity contribution is -0.0795. The number of anilines is 2. The number of aromatic nitrogens is 1. The van der Waals surface area contributed by atoms with Crippen LogP contribution in [0.3, 0.4) is 0 Å². The van der Waals surface area contributed by atoms with Crippen molar-refractivity contribution in [3.05, 3.63) is 16.7 Å². The van der Waals surface area contributed by atoms with Crippen LogP contribution in [0.5, 0.6) is 0 Å². The third-order valence-corrected chi connectivity index (χ3v) is 4.24. The van der Waals surface area contributed by atoms with Crippen molar-refractivity contribution in [3.8, 4) is 0 Å². The molecule has 1 aliphatic rings. The van der Waals surface area contributed by atoms with E-state index in [2.05, 4.69) is 40.1 Å². The second-order valence-electron chi connectivity index (χ2n) is 5.08. The SMILES string of the molecule is COC1CC(Nc2ncc(N)cc2Br)C1(C)C. The van der Waals surface area contributed by atoms with Crippen LogP contribution >= 0.6 is 15.9 Å². The minimum atomic E-state index is 0.122. The Morgan fingerprint density at radius 1 is 1.59 bits per heavy atom. The zero-order chi connectivity index (χ0) is 12.6. The summed E-state index contributed by atoms with van der Waals surface area (Å²) < 4.78 is 6.32. The maximum Gasteiger partial charge on any atom is 0.140 e. The Balaban J connectivity index is 2.08. The molecule has 2 atom stereocenters. The summed E-state index contributed by atoms with van der Waals surface area (Å²) in [7, 11) is 1.76. The summed E-state index contributed by atoms with van der Waals surface area (Å²) in [6.07, 6.45) is 2.97. The van der Waals surface area contributed by atoms with E-state index in [1.807, 2.05) is 6.07 Å². The number of hydrogen-bond donors (Lipinski definition) is 2. The first kappa shape index (κ1) is 12.6. The van der Waals surface area contributed by atoms with Gasteiger partial charge in [-0.1, -0.05) is 13.8 Å². The molecule has 3 N–H and O–H groups in total. The van der Waals surface area contributed by atoms with Gasteiger partial charge in [-0.3, -0.25) is 0 Å². The molecule has 0 aromatic carbocycles. The fraction of sp³-hybridized carbons (Fsp3) is 0.583. The monoisotopic (exact) mass is 299 g/mol. The number of ether oxygens (including phenoxy) is 1. The van der Waals surface area contributed by atoms with E-state index in [0.29, 0.717) is 17.8 Å². The van der Waals surface area contributed by atoms with Gasteiger partial charge in [0.2, 0.25) is 0 Å². The summed E-state index contributed by atoms with van der Waals surface area (Å²) in [6.45, 7) is 4.40. The van der Waals surface area contributed by atoms with Gasteiger partial charge < -0.3 is 15.8 Å². The second-order valence-corrected chi connectivity index (χ2v) is 5.93. The molecule has 0 radical (unpaired) electrons. The first-order chi connectivity index (χ1) is 7.95. The lowest BCUT2D eigenvalue weighted by Gasteiger charge is -2.51. The van der Waals surface area contributed by atoms with Gasteiger partial charge in [-0.15, -0.1) is 0 Å². The van der Waals surface area contributed by atoms with Gasteiger partial charge in [0.1, 0.15) is 5.82 Å². The van der Waals surface area contributed by atoms with Crippen LogP contribution in [0.2, 0.25) is 0 Å². The first-order valence-electron chi connectivity index (χ1n) is 5.65. The zero-order valence-electron chi connectivity index (χ0n) is 10.3. The van der Waals surface area contributed by atoms with Crippen molar-refractivity contribution in [2.24, 2.45) is 5.41 Å². The second kappa shape index (κ2) is 4.46. The Hall–Kier alpha value is -0.810. The fourth-order valence-electron chi connectivity index (χ4n) is 2.25. The normalized spacial score (nSPS) is 26.4. The maximum absolute atomic E-state index is 5.66. The molecule has 0 aliphatic heterocycles. The smallest absolute Gasteiger partial charge is 0.140 e. The molecule has 2 rings (SSSR count).